The van der Waals surface area contributed by atoms with Crippen molar-refractivity contribution in [3.05, 3.63) is 41.7 Å². The fourth-order valence-corrected chi connectivity index (χ4v) is 2.69. The summed E-state index contributed by atoms with van der Waals surface area (Å²) in [7, 11) is 0. The van der Waals surface area contributed by atoms with Crippen molar-refractivity contribution in [1.82, 2.24) is 15.3 Å². The normalized spacial score (nSPS) is 13.8. The number of morpholine rings is 1. The molecule has 0 radical (unpaired) electrons. The van der Waals surface area contributed by atoms with Gasteiger partial charge in [0, 0.05) is 25.2 Å². The van der Waals surface area contributed by atoms with E-state index in [0.717, 1.165) is 31.0 Å². The van der Waals surface area contributed by atoms with Gasteiger partial charge in [-0.3, -0.25) is 4.79 Å². The van der Waals surface area contributed by atoms with Crippen LogP contribution in [0, 0.1) is 18.6 Å². The van der Waals surface area contributed by atoms with Gasteiger partial charge in [-0.2, -0.15) is 4.98 Å². The topological polar surface area (TPSA) is 85.8 Å². The van der Waals surface area contributed by atoms with Crippen molar-refractivity contribution < 1.29 is 27.8 Å². The summed E-state index contributed by atoms with van der Waals surface area (Å²) in [6.07, 6.45) is 0. The second-order valence-corrected chi connectivity index (χ2v) is 6.27. The van der Waals surface area contributed by atoms with Crippen LogP contribution in [0.15, 0.2) is 24.3 Å². The summed E-state index contributed by atoms with van der Waals surface area (Å²) in [4.78, 5) is 22.5. The lowest BCUT2D eigenvalue weighted by Gasteiger charge is -2.28. The first-order valence-electron chi connectivity index (χ1n) is 9.17. The molecule has 1 aliphatic rings. The monoisotopic (exact) mass is 408 g/mol. The van der Waals surface area contributed by atoms with Crippen molar-refractivity contribution in [2.75, 3.05) is 51.0 Å². The van der Waals surface area contributed by atoms with Gasteiger partial charge < -0.3 is 24.4 Å². The summed E-state index contributed by atoms with van der Waals surface area (Å²) in [5.74, 6) is -0.449. The van der Waals surface area contributed by atoms with Gasteiger partial charge in [0.2, 0.25) is 5.88 Å². The molecular formula is C19H22F2N4O4. The first-order chi connectivity index (χ1) is 14.0. The molecule has 156 valence electrons. The van der Waals surface area contributed by atoms with Crippen LogP contribution in [0.3, 0.4) is 0 Å². The van der Waals surface area contributed by atoms with E-state index < -0.39 is 24.1 Å². The van der Waals surface area contributed by atoms with Gasteiger partial charge in [-0.1, -0.05) is 0 Å². The minimum absolute atomic E-state index is 0.190. The lowest BCUT2D eigenvalue weighted by Crippen LogP contribution is -2.37. The molecule has 1 N–H and O–H groups in total. The van der Waals surface area contributed by atoms with E-state index in [1.807, 2.05) is 0 Å². The Morgan fingerprint density at radius 1 is 1.21 bits per heavy atom. The average Bonchev–Trinajstić information content (AvgIpc) is 2.71. The number of carbonyl (C=O) groups is 1. The highest BCUT2D eigenvalue weighted by Crippen LogP contribution is 2.19. The van der Waals surface area contributed by atoms with Gasteiger partial charge in [-0.05, 0) is 19.1 Å². The van der Waals surface area contributed by atoms with Gasteiger partial charge in [0.15, 0.2) is 18.2 Å². The number of aromatic nitrogens is 2. The largest absolute Gasteiger partial charge is 0.481 e. The molecule has 3 rings (SSSR count). The molecule has 8 nitrogen and oxygen atoms in total. The third kappa shape index (κ3) is 6.24. The fourth-order valence-electron chi connectivity index (χ4n) is 2.69. The molecule has 1 aromatic heterocycles. The highest BCUT2D eigenvalue weighted by Gasteiger charge is 2.14. The van der Waals surface area contributed by atoms with Crippen molar-refractivity contribution in [1.29, 1.82) is 0 Å². The Morgan fingerprint density at radius 3 is 2.76 bits per heavy atom. The Morgan fingerprint density at radius 2 is 2.00 bits per heavy atom. The van der Waals surface area contributed by atoms with Crippen LogP contribution in [-0.2, 0) is 9.53 Å². The summed E-state index contributed by atoms with van der Waals surface area (Å²) in [6.45, 7) is 4.59. The molecule has 10 heteroatoms. The molecule has 1 saturated heterocycles. The molecule has 0 saturated carbocycles. The van der Waals surface area contributed by atoms with Crippen LogP contribution in [-0.4, -0.2) is 61.9 Å². The molecule has 0 bridgehead atoms. The first kappa shape index (κ1) is 20.7. The molecule has 1 aromatic carbocycles. The van der Waals surface area contributed by atoms with Gasteiger partial charge in [-0.25, -0.2) is 13.8 Å². The maximum Gasteiger partial charge on any atom is 0.258 e. The smallest absolute Gasteiger partial charge is 0.258 e. The Kier molecular flexibility index (Phi) is 7.12. The summed E-state index contributed by atoms with van der Waals surface area (Å²) in [5, 5.41) is 2.59. The van der Waals surface area contributed by atoms with Crippen molar-refractivity contribution in [3.63, 3.8) is 0 Å². The number of benzene rings is 1. The maximum absolute atomic E-state index is 13.5. The molecule has 0 aliphatic carbocycles. The van der Waals surface area contributed by atoms with Gasteiger partial charge >= 0.3 is 0 Å². The SMILES string of the molecule is Cc1nc(OCCNC(=O)COc2ccc(F)cc2F)cc(N2CCOCC2)n1. The number of hydrogen-bond donors (Lipinski definition) is 1. The van der Waals surface area contributed by atoms with E-state index in [-0.39, 0.29) is 18.9 Å². The fraction of sp³-hybridized carbons (Fsp3) is 0.421. The predicted molar refractivity (Wildman–Crippen MR) is 100 cm³/mol. The minimum Gasteiger partial charge on any atom is -0.481 e. The molecule has 2 aromatic rings. The van der Waals surface area contributed by atoms with Crippen molar-refractivity contribution in [2.24, 2.45) is 0 Å². The molecule has 29 heavy (non-hydrogen) atoms. The van der Waals surface area contributed by atoms with Crippen molar-refractivity contribution >= 4 is 11.7 Å². The number of nitrogens with zero attached hydrogens (tertiary/aromatic N) is 3. The van der Waals surface area contributed by atoms with E-state index in [1.165, 1.54) is 0 Å². The lowest BCUT2D eigenvalue weighted by molar-refractivity contribution is -0.123. The number of nitrogens with one attached hydrogen (secondary N) is 1. The number of anilines is 1. The van der Waals surface area contributed by atoms with E-state index in [4.69, 9.17) is 14.2 Å². The third-order valence-electron chi connectivity index (χ3n) is 4.06. The number of aryl methyl sites for hydroxylation is 1. The average molecular weight is 408 g/mol. The molecule has 1 aliphatic heterocycles. The molecular weight excluding hydrogens is 386 g/mol. The number of rotatable bonds is 8. The number of amides is 1. The van der Waals surface area contributed by atoms with Crippen molar-refractivity contribution in [3.8, 4) is 11.6 Å². The van der Waals surface area contributed by atoms with Crippen LogP contribution in [0.1, 0.15) is 5.82 Å². The van der Waals surface area contributed by atoms with Gasteiger partial charge in [-0.15, -0.1) is 0 Å². The Bertz CT molecular complexity index is 847. The van der Waals surface area contributed by atoms with Crippen LogP contribution in [0.2, 0.25) is 0 Å². The molecule has 2 heterocycles. The highest BCUT2D eigenvalue weighted by molar-refractivity contribution is 5.77. The van der Waals surface area contributed by atoms with Crippen LogP contribution in [0.4, 0.5) is 14.6 Å². The molecule has 1 amide bonds. The molecule has 1 fully saturated rings. The minimum atomic E-state index is -0.865. The summed E-state index contributed by atoms with van der Waals surface area (Å²) >= 11 is 0. The Hall–Kier alpha value is -3.01. The molecule has 0 spiro atoms. The summed E-state index contributed by atoms with van der Waals surface area (Å²) < 4.78 is 42.3. The van der Waals surface area contributed by atoms with Gasteiger partial charge in [0.1, 0.15) is 24.1 Å². The van der Waals surface area contributed by atoms with Crippen LogP contribution >= 0.6 is 0 Å². The zero-order valence-corrected chi connectivity index (χ0v) is 16.0. The van der Waals surface area contributed by atoms with E-state index in [0.29, 0.717) is 31.0 Å². The highest BCUT2D eigenvalue weighted by atomic mass is 19.1. The van der Waals surface area contributed by atoms with E-state index in [9.17, 15) is 13.6 Å². The van der Waals surface area contributed by atoms with Crippen molar-refractivity contribution in [2.45, 2.75) is 6.92 Å². The van der Waals surface area contributed by atoms with Crippen LogP contribution in [0.5, 0.6) is 11.6 Å². The van der Waals surface area contributed by atoms with Gasteiger partial charge in [0.25, 0.3) is 5.91 Å². The first-order valence-corrected chi connectivity index (χ1v) is 9.17. The number of carbonyl (C=O) groups excluding carboxylic acids is 1. The van der Waals surface area contributed by atoms with E-state index >= 15 is 0 Å². The maximum atomic E-state index is 13.5. The third-order valence-corrected chi connectivity index (χ3v) is 4.06. The number of halogens is 2. The van der Waals surface area contributed by atoms with E-state index in [1.54, 1.807) is 13.0 Å². The van der Waals surface area contributed by atoms with Gasteiger partial charge in [0.05, 0.1) is 19.8 Å². The van der Waals surface area contributed by atoms with E-state index in [2.05, 4.69) is 20.2 Å². The zero-order chi connectivity index (χ0) is 20.6. The second-order valence-electron chi connectivity index (χ2n) is 6.27. The summed E-state index contributed by atoms with van der Waals surface area (Å²) in [6, 6.07) is 4.63. The summed E-state index contributed by atoms with van der Waals surface area (Å²) in [5.41, 5.74) is 0. The number of hydrogen-bond acceptors (Lipinski definition) is 7. The second kappa shape index (κ2) is 9.97. The standard InChI is InChI=1S/C19H22F2N4O4/c1-13-23-17(25-5-8-27-9-6-25)11-19(24-13)28-7-4-22-18(26)12-29-16-3-2-14(20)10-15(16)21/h2-3,10-11H,4-9,12H2,1H3,(H,22,26). The van der Waals surface area contributed by atoms with Crippen LogP contribution in [0.25, 0.3) is 0 Å². The van der Waals surface area contributed by atoms with Crippen LogP contribution < -0.4 is 19.7 Å². The number of ether oxygens (including phenoxy) is 3. The Balaban J connectivity index is 1.41. The molecule has 0 unspecified atom stereocenters. The quantitative estimate of drug-likeness (QED) is 0.662. The molecule has 0 atom stereocenters. The Labute approximate surface area is 166 Å². The lowest BCUT2D eigenvalue weighted by atomic mass is 10.3. The predicted octanol–water partition coefficient (Wildman–Crippen LogP) is 1.47. The zero-order valence-electron chi connectivity index (χ0n) is 16.0.